The van der Waals surface area contributed by atoms with E-state index in [1.807, 2.05) is 12.1 Å². The lowest BCUT2D eigenvalue weighted by Gasteiger charge is -2.22. The van der Waals surface area contributed by atoms with Gasteiger partial charge in [-0.2, -0.15) is 5.26 Å². The van der Waals surface area contributed by atoms with E-state index in [9.17, 15) is 0 Å². The zero-order valence-corrected chi connectivity index (χ0v) is 9.93. The maximum absolute atomic E-state index is 9.05. The van der Waals surface area contributed by atoms with E-state index in [0.717, 1.165) is 30.6 Å². The molecule has 0 spiro atoms. The van der Waals surface area contributed by atoms with Crippen LogP contribution >= 0.6 is 11.6 Å². The van der Waals surface area contributed by atoms with Gasteiger partial charge in [-0.15, -0.1) is 0 Å². The molecule has 1 saturated heterocycles. The number of nitrogens with zero attached hydrogens (tertiary/aromatic N) is 1. The predicted octanol–water partition coefficient (Wildman–Crippen LogP) is 2.75. The minimum absolute atomic E-state index is 0.644. The molecule has 0 bridgehead atoms. The maximum Gasteiger partial charge on any atom is 0.0995 e. The number of hydrogen-bond donors (Lipinski definition) is 1. The predicted molar refractivity (Wildman–Crippen MR) is 65.5 cm³/mol. The van der Waals surface area contributed by atoms with Crippen LogP contribution in [0.3, 0.4) is 0 Å². The van der Waals surface area contributed by atoms with Crippen molar-refractivity contribution in [3.05, 3.63) is 34.3 Å². The second kappa shape index (κ2) is 5.34. The van der Waals surface area contributed by atoms with Gasteiger partial charge in [0, 0.05) is 5.02 Å². The van der Waals surface area contributed by atoms with Crippen molar-refractivity contribution in [2.75, 3.05) is 13.1 Å². The third kappa shape index (κ3) is 2.75. The van der Waals surface area contributed by atoms with Gasteiger partial charge in [0.25, 0.3) is 0 Å². The van der Waals surface area contributed by atoms with Crippen molar-refractivity contribution in [1.82, 2.24) is 5.32 Å². The Morgan fingerprint density at radius 2 is 2.12 bits per heavy atom. The van der Waals surface area contributed by atoms with Crippen molar-refractivity contribution in [3.8, 4) is 6.07 Å². The molecule has 0 unspecified atom stereocenters. The molecule has 1 fully saturated rings. The summed E-state index contributed by atoms with van der Waals surface area (Å²) in [6.45, 7) is 2.19. The molecule has 0 aromatic heterocycles. The van der Waals surface area contributed by atoms with Gasteiger partial charge in [0.1, 0.15) is 0 Å². The van der Waals surface area contributed by atoms with E-state index in [1.165, 1.54) is 12.8 Å². The van der Waals surface area contributed by atoms with Crippen LogP contribution in [0, 0.1) is 17.2 Å². The van der Waals surface area contributed by atoms with Crippen molar-refractivity contribution >= 4 is 11.6 Å². The van der Waals surface area contributed by atoms with Gasteiger partial charge in [-0.1, -0.05) is 17.7 Å². The number of halogens is 1. The summed E-state index contributed by atoms with van der Waals surface area (Å²) in [7, 11) is 0. The summed E-state index contributed by atoms with van der Waals surface area (Å²) in [5, 5.41) is 13.0. The number of rotatable bonds is 2. The van der Waals surface area contributed by atoms with Gasteiger partial charge in [-0.3, -0.25) is 0 Å². The number of piperidine rings is 1. The van der Waals surface area contributed by atoms with Crippen molar-refractivity contribution in [1.29, 1.82) is 5.26 Å². The summed E-state index contributed by atoms with van der Waals surface area (Å²) < 4.78 is 0. The first kappa shape index (κ1) is 11.4. The summed E-state index contributed by atoms with van der Waals surface area (Å²) in [6.07, 6.45) is 3.41. The molecule has 16 heavy (non-hydrogen) atoms. The third-order valence-corrected chi connectivity index (χ3v) is 3.39. The Bertz CT molecular complexity index is 403. The van der Waals surface area contributed by atoms with Gasteiger partial charge in [0.15, 0.2) is 0 Å². The number of benzene rings is 1. The molecule has 0 amide bonds. The summed E-state index contributed by atoms with van der Waals surface area (Å²) >= 11 is 5.88. The van der Waals surface area contributed by atoms with Crippen LogP contribution in [0.2, 0.25) is 5.02 Å². The van der Waals surface area contributed by atoms with Gasteiger partial charge in [0.2, 0.25) is 0 Å². The van der Waals surface area contributed by atoms with E-state index in [-0.39, 0.29) is 0 Å². The average molecular weight is 235 g/mol. The third-order valence-electron chi connectivity index (χ3n) is 3.16. The molecule has 0 radical (unpaired) electrons. The van der Waals surface area contributed by atoms with Gasteiger partial charge in [0.05, 0.1) is 11.6 Å². The Morgan fingerprint density at radius 3 is 2.81 bits per heavy atom. The number of hydrogen-bond acceptors (Lipinski definition) is 2. The van der Waals surface area contributed by atoms with Crippen molar-refractivity contribution in [2.24, 2.45) is 5.92 Å². The Morgan fingerprint density at radius 1 is 1.38 bits per heavy atom. The highest BCUT2D eigenvalue weighted by Gasteiger charge is 2.15. The van der Waals surface area contributed by atoms with Gasteiger partial charge in [-0.05, 0) is 56.0 Å². The first-order chi connectivity index (χ1) is 7.79. The van der Waals surface area contributed by atoms with E-state index in [1.54, 1.807) is 6.07 Å². The highest BCUT2D eigenvalue weighted by Crippen LogP contribution is 2.22. The molecule has 1 aromatic carbocycles. The van der Waals surface area contributed by atoms with Crippen molar-refractivity contribution in [2.45, 2.75) is 19.3 Å². The minimum Gasteiger partial charge on any atom is -0.317 e. The van der Waals surface area contributed by atoms with E-state index in [0.29, 0.717) is 10.9 Å². The molecular formula is C13H15ClN2. The van der Waals surface area contributed by atoms with Crippen LogP contribution in [0.15, 0.2) is 18.2 Å². The molecule has 1 aliphatic heterocycles. The Labute approximate surface area is 101 Å². The fourth-order valence-corrected chi connectivity index (χ4v) is 2.40. The summed E-state index contributed by atoms with van der Waals surface area (Å²) in [6, 6.07) is 7.85. The highest BCUT2D eigenvalue weighted by atomic mass is 35.5. The maximum atomic E-state index is 9.05. The first-order valence-electron chi connectivity index (χ1n) is 5.69. The van der Waals surface area contributed by atoms with E-state index < -0.39 is 0 Å². The average Bonchev–Trinajstić information content (AvgIpc) is 2.33. The van der Waals surface area contributed by atoms with Crippen molar-refractivity contribution < 1.29 is 0 Å². The van der Waals surface area contributed by atoms with E-state index in [4.69, 9.17) is 16.9 Å². The number of nitriles is 1. The standard InChI is InChI=1S/C13H15ClN2/c14-13-2-1-11(12(8-13)9-15)7-10-3-5-16-6-4-10/h1-2,8,10,16H,3-7H2. The Kier molecular flexibility index (Phi) is 3.82. The zero-order chi connectivity index (χ0) is 11.4. The molecule has 1 aromatic rings. The van der Waals surface area contributed by atoms with Crippen LogP contribution < -0.4 is 5.32 Å². The Hall–Kier alpha value is -1.04. The summed E-state index contributed by atoms with van der Waals surface area (Å²) in [5.41, 5.74) is 1.87. The zero-order valence-electron chi connectivity index (χ0n) is 9.17. The fraction of sp³-hybridized carbons (Fsp3) is 0.462. The molecule has 1 heterocycles. The lowest BCUT2D eigenvalue weighted by molar-refractivity contribution is 0.372. The molecule has 84 valence electrons. The van der Waals surface area contributed by atoms with E-state index >= 15 is 0 Å². The smallest absolute Gasteiger partial charge is 0.0995 e. The molecular weight excluding hydrogens is 220 g/mol. The molecule has 2 nitrogen and oxygen atoms in total. The first-order valence-corrected chi connectivity index (χ1v) is 6.06. The van der Waals surface area contributed by atoms with E-state index in [2.05, 4.69) is 11.4 Å². The normalized spacial score (nSPS) is 17.0. The molecule has 2 rings (SSSR count). The SMILES string of the molecule is N#Cc1cc(Cl)ccc1CC1CCNCC1. The van der Waals surface area contributed by atoms with Crippen LogP contribution in [-0.2, 0) is 6.42 Å². The van der Waals surface area contributed by atoms with Gasteiger partial charge in [-0.25, -0.2) is 0 Å². The summed E-state index contributed by atoms with van der Waals surface area (Å²) in [5.74, 6) is 0.703. The summed E-state index contributed by atoms with van der Waals surface area (Å²) in [4.78, 5) is 0. The van der Waals surface area contributed by atoms with Gasteiger partial charge < -0.3 is 5.32 Å². The van der Waals surface area contributed by atoms with Crippen molar-refractivity contribution in [3.63, 3.8) is 0 Å². The van der Waals surface area contributed by atoms with Crippen LogP contribution in [0.5, 0.6) is 0 Å². The lowest BCUT2D eigenvalue weighted by Crippen LogP contribution is -2.28. The quantitative estimate of drug-likeness (QED) is 0.854. The highest BCUT2D eigenvalue weighted by molar-refractivity contribution is 6.30. The Balaban J connectivity index is 2.11. The second-order valence-corrected chi connectivity index (χ2v) is 4.75. The molecule has 0 atom stereocenters. The molecule has 1 N–H and O–H groups in total. The largest absolute Gasteiger partial charge is 0.317 e. The van der Waals surface area contributed by atoms with Crippen LogP contribution in [0.25, 0.3) is 0 Å². The topological polar surface area (TPSA) is 35.8 Å². The second-order valence-electron chi connectivity index (χ2n) is 4.31. The monoisotopic (exact) mass is 234 g/mol. The van der Waals surface area contributed by atoms with Crippen LogP contribution in [-0.4, -0.2) is 13.1 Å². The number of nitrogens with one attached hydrogen (secondary N) is 1. The van der Waals surface area contributed by atoms with Crippen LogP contribution in [0.4, 0.5) is 0 Å². The van der Waals surface area contributed by atoms with Crippen LogP contribution in [0.1, 0.15) is 24.0 Å². The fourth-order valence-electron chi connectivity index (χ4n) is 2.23. The van der Waals surface area contributed by atoms with Gasteiger partial charge >= 0.3 is 0 Å². The molecule has 1 aliphatic rings. The lowest BCUT2D eigenvalue weighted by atomic mass is 9.89. The molecule has 3 heteroatoms. The minimum atomic E-state index is 0.644. The molecule has 0 saturated carbocycles. The molecule has 0 aliphatic carbocycles.